The van der Waals surface area contributed by atoms with Crippen molar-refractivity contribution in [2.45, 2.75) is 95.5 Å². The Hall–Kier alpha value is -0.270. The fourth-order valence-corrected chi connectivity index (χ4v) is 3.24. The van der Waals surface area contributed by atoms with Crippen LogP contribution in [0.15, 0.2) is 0 Å². The van der Waals surface area contributed by atoms with Gasteiger partial charge in [-0.2, -0.15) is 0 Å². The lowest BCUT2D eigenvalue weighted by molar-refractivity contribution is -0.0621. The molecule has 0 spiro atoms. The van der Waals surface area contributed by atoms with Crippen LogP contribution in [0.4, 0.5) is 0 Å². The summed E-state index contributed by atoms with van der Waals surface area (Å²) in [5, 5.41) is 29.2. The van der Waals surface area contributed by atoms with E-state index in [2.05, 4.69) is 6.92 Å². The minimum absolute atomic E-state index is 0.0523. The Labute approximate surface area is 151 Å². The van der Waals surface area contributed by atoms with Gasteiger partial charge in [0, 0.05) is 6.42 Å². The fourth-order valence-electron chi connectivity index (χ4n) is 2.97. The molecule has 1 aliphatic heterocycles. The molecule has 0 aromatic rings. The van der Waals surface area contributed by atoms with Crippen LogP contribution in [0.5, 0.6) is 0 Å². The molecule has 1 rings (SSSR count). The molecule has 1 fully saturated rings. The lowest BCUT2D eigenvalue weighted by Gasteiger charge is -2.25. The largest absolute Gasteiger partial charge is 0.479 e. The van der Waals surface area contributed by atoms with E-state index in [4.69, 9.17) is 21.7 Å². The predicted octanol–water partition coefficient (Wildman–Crippen LogP) is 2.73. The van der Waals surface area contributed by atoms with E-state index in [0.717, 1.165) is 12.8 Å². The number of rotatable bonds is 13. The average Bonchev–Trinajstić information content (AvgIpc) is 2.90. The van der Waals surface area contributed by atoms with Gasteiger partial charge in [-0.25, -0.2) is 0 Å². The van der Waals surface area contributed by atoms with Gasteiger partial charge in [-0.1, -0.05) is 58.3 Å². The molecule has 0 unspecified atom stereocenters. The highest BCUT2D eigenvalue weighted by Gasteiger charge is 2.41. The number of hydrogen-bond acceptors (Lipinski definition) is 6. The molecule has 24 heavy (non-hydrogen) atoms. The smallest absolute Gasteiger partial charge is 0.160 e. The Balaban J connectivity index is 2.08. The molecule has 0 radical (unpaired) electrons. The zero-order valence-electron chi connectivity index (χ0n) is 14.9. The summed E-state index contributed by atoms with van der Waals surface area (Å²) in [5.41, 5.74) is 0. The summed E-state index contributed by atoms with van der Waals surface area (Å²) in [6.45, 7) is 1.98. The molecule has 0 bridgehead atoms. The van der Waals surface area contributed by atoms with E-state index in [9.17, 15) is 15.3 Å². The second-order valence-corrected chi connectivity index (χ2v) is 7.10. The summed E-state index contributed by atoms with van der Waals surface area (Å²) in [7, 11) is 0. The molecule has 0 aromatic carbocycles. The quantitative estimate of drug-likeness (QED) is 0.345. The van der Waals surface area contributed by atoms with Gasteiger partial charge in [-0.05, 0) is 18.6 Å². The minimum atomic E-state index is -1.04. The molecule has 3 N–H and O–H groups in total. The lowest BCUT2D eigenvalue weighted by atomic mass is 10.1. The van der Waals surface area contributed by atoms with Crippen molar-refractivity contribution in [3.05, 3.63) is 0 Å². The second-order valence-electron chi connectivity index (χ2n) is 6.65. The lowest BCUT2D eigenvalue weighted by Crippen LogP contribution is -2.42. The van der Waals surface area contributed by atoms with Crippen LogP contribution in [-0.4, -0.2) is 58.0 Å². The van der Waals surface area contributed by atoms with Gasteiger partial charge in [0.05, 0.1) is 13.2 Å². The first-order valence-corrected chi connectivity index (χ1v) is 9.79. The molecule has 5 nitrogen and oxygen atoms in total. The van der Waals surface area contributed by atoms with Crippen LogP contribution in [0.25, 0.3) is 0 Å². The zero-order valence-corrected chi connectivity index (χ0v) is 15.7. The van der Waals surface area contributed by atoms with Gasteiger partial charge in [0.15, 0.2) is 11.2 Å². The molecule has 0 aliphatic carbocycles. The fraction of sp³-hybridized carbons (Fsp3) is 0.944. The molecule has 1 saturated heterocycles. The van der Waals surface area contributed by atoms with E-state index in [1.165, 1.54) is 44.9 Å². The van der Waals surface area contributed by atoms with E-state index in [0.29, 0.717) is 11.5 Å². The first kappa shape index (κ1) is 21.8. The Morgan fingerprint density at radius 3 is 2.17 bits per heavy atom. The SMILES string of the molecule is CCCCCCCCCCCC(=S)O[C@@H](CO)[C@@H]1OC[C@@H](O)[C@@H]1O. The monoisotopic (exact) mass is 362 g/mol. The highest BCUT2D eigenvalue weighted by molar-refractivity contribution is 7.80. The Kier molecular flexibility index (Phi) is 11.8. The van der Waals surface area contributed by atoms with E-state index in [-0.39, 0.29) is 13.2 Å². The molecular formula is C18H34O5S. The molecule has 1 aliphatic rings. The number of unbranched alkanes of at least 4 members (excludes halogenated alkanes) is 8. The third-order valence-electron chi connectivity index (χ3n) is 4.50. The van der Waals surface area contributed by atoms with Crippen molar-refractivity contribution >= 4 is 17.3 Å². The molecular weight excluding hydrogens is 328 g/mol. The van der Waals surface area contributed by atoms with E-state index in [1.807, 2.05) is 0 Å². The molecule has 4 atom stereocenters. The summed E-state index contributed by atoms with van der Waals surface area (Å²) < 4.78 is 10.8. The van der Waals surface area contributed by atoms with Crippen molar-refractivity contribution in [1.29, 1.82) is 0 Å². The van der Waals surface area contributed by atoms with E-state index < -0.39 is 24.4 Å². The van der Waals surface area contributed by atoms with Crippen molar-refractivity contribution in [3.8, 4) is 0 Å². The molecule has 6 heteroatoms. The number of thiocarbonyl (C=S) groups is 1. The van der Waals surface area contributed by atoms with Crippen LogP contribution in [0, 0.1) is 0 Å². The van der Waals surface area contributed by atoms with Gasteiger partial charge in [0.25, 0.3) is 0 Å². The summed E-state index contributed by atoms with van der Waals surface area (Å²) in [6, 6.07) is 0. The average molecular weight is 363 g/mol. The first-order chi connectivity index (χ1) is 11.6. The maximum atomic E-state index is 9.81. The van der Waals surface area contributed by atoms with Gasteiger partial charge >= 0.3 is 0 Å². The number of ether oxygens (including phenoxy) is 2. The van der Waals surface area contributed by atoms with Gasteiger partial charge in [-0.15, -0.1) is 0 Å². The third-order valence-corrected chi connectivity index (χ3v) is 4.80. The molecule has 0 aromatic heterocycles. The Morgan fingerprint density at radius 2 is 1.67 bits per heavy atom. The van der Waals surface area contributed by atoms with Crippen molar-refractivity contribution in [2.24, 2.45) is 0 Å². The number of hydrogen-bond donors (Lipinski definition) is 3. The molecule has 1 heterocycles. The predicted molar refractivity (Wildman–Crippen MR) is 98.2 cm³/mol. The normalized spacial score (nSPS) is 24.9. The van der Waals surface area contributed by atoms with Crippen molar-refractivity contribution in [3.63, 3.8) is 0 Å². The van der Waals surface area contributed by atoms with Crippen LogP contribution in [0.1, 0.15) is 71.1 Å². The maximum absolute atomic E-state index is 9.81. The summed E-state index contributed by atoms with van der Waals surface area (Å²) in [4.78, 5) is 0. The Bertz CT molecular complexity index is 339. The van der Waals surface area contributed by atoms with Crippen LogP contribution < -0.4 is 0 Å². The van der Waals surface area contributed by atoms with Crippen LogP contribution in [0.2, 0.25) is 0 Å². The zero-order chi connectivity index (χ0) is 17.8. The second kappa shape index (κ2) is 13.0. The minimum Gasteiger partial charge on any atom is -0.479 e. The van der Waals surface area contributed by atoms with Gasteiger partial charge < -0.3 is 24.8 Å². The highest BCUT2D eigenvalue weighted by atomic mass is 32.1. The van der Waals surface area contributed by atoms with Crippen LogP contribution in [0.3, 0.4) is 0 Å². The summed E-state index contributed by atoms with van der Waals surface area (Å²) >= 11 is 5.22. The van der Waals surface area contributed by atoms with Crippen LogP contribution in [-0.2, 0) is 9.47 Å². The topological polar surface area (TPSA) is 79.2 Å². The number of aliphatic hydroxyl groups is 3. The summed E-state index contributed by atoms with van der Waals surface area (Å²) in [5.74, 6) is 0. The van der Waals surface area contributed by atoms with Crippen LogP contribution >= 0.6 is 12.2 Å². The summed E-state index contributed by atoms with van der Waals surface area (Å²) in [6.07, 6.45) is 8.47. The van der Waals surface area contributed by atoms with Crippen molar-refractivity contribution < 1.29 is 24.8 Å². The van der Waals surface area contributed by atoms with Gasteiger partial charge in [-0.3, -0.25) is 0 Å². The van der Waals surface area contributed by atoms with Gasteiger partial charge in [0.1, 0.15) is 18.3 Å². The van der Waals surface area contributed by atoms with Gasteiger partial charge in [0.2, 0.25) is 0 Å². The van der Waals surface area contributed by atoms with Crippen molar-refractivity contribution in [2.75, 3.05) is 13.2 Å². The van der Waals surface area contributed by atoms with E-state index in [1.54, 1.807) is 0 Å². The van der Waals surface area contributed by atoms with E-state index >= 15 is 0 Å². The first-order valence-electron chi connectivity index (χ1n) is 9.38. The standard InChI is InChI=1S/C18H34O5S/c1-2-3-4-5-6-7-8-9-10-11-16(24)23-15(12-19)18-17(21)14(20)13-22-18/h14-15,17-21H,2-13H2,1H3/t14-,15+,17+,18+/m1/s1. The number of aliphatic hydroxyl groups excluding tert-OH is 3. The maximum Gasteiger partial charge on any atom is 0.160 e. The highest BCUT2D eigenvalue weighted by Crippen LogP contribution is 2.20. The molecule has 142 valence electrons. The molecule has 0 saturated carbocycles. The van der Waals surface area contributed by atoms with Crippen molar-refractivity contribution in [1.82, 2.24) is 0 Å². The third kappa shape index (κ3) is 8.21. The Morgan fingerprint density at radius 1 is 1.08 bits per heavy atom. The molecule has 0 amide bonds.